The van der Waals surface area contributed by atoms with Crippen LogP contribution in [0.5, 0.6) is 0 Å². The normalized spacial score (nSPS) is 18.5. The zero-order chi connectivity index (χ0) is 13.2. The second-order valence-corrected chi connectivity index (χ2v) is 4.30. The highest BCUT2D eigenvalue weighted by Gasteiger charge is 2.21. The van der Waals surface area contributed by atoms with Crippen LogP contribution in [0.15, 0.2) is 27.4 Å². The molecule has 1 unspecified atom stereocenters. The lowest BCUT2D eigenvalue weighted by Crippen LogP contribution is -2.48. The lowest BCUT2D eigenvalue weighted by atomic mass is 10.2. The lowest BCUT2D eigenvalue weighted by molar-refractivity contribution is -0.120. The molecule has 0 spiro atoms. The molecule has 8 heteroatoms. The van der Waals surface area contributed by atoms with Crippen molar-refractivity contribution in [1.29, 1.82) is 0 Å². The van der Waals surface area contributed by atoms with E-state index >= 15 is 0 Å². The Morgan fingerprint density at radius 3 is 3.00 bits per heavy atom. The number of aromatic nitrogens is 1. The van der Waals surface area contributed by atoms with Crippen molar-refractivity contribution >= 4 is 35.1 Å². The first-order valence-corrected chi connectivity index (χ1v) is 5.97. The van der Waals surface area contributed by atoms with Crippen LogP contribution in [-0.4, -0.2) is 36.7 Å². The summed E-state index contributed by atoms with van der Waals surface area (Å²) in [6.45, 7) is 1.63. The number of benzene rings is 1. The molecule has 0 radical (unpaired) electrons. The third-order valence-electron chi connectivity index (χ3n) is 2.92. The Balaban J connectivity index is 0.00000147. The van der Waals surface area contributed by atoms with Crippen LogP contribution in [0.3, 0.4) is 0 Å². The van der Waals surface area contributed by atoms with E-state index in [9.17, 15) is 9.59 Å². The topological polar surface area (TPSA) is 96.4 Å². The van der Waals surface area contributed by atoms with Crippen molar-refractivity contribution in [3.63, 3.8) is 0 Å². The number of morpholine rings is 1. The molecule has 1 amide bonds. The fourth-order valence-electron chi connectivity index (χ4n) is 1.99. The number of rotatable bonds is 2. The first kappa shape index (κ1) is 14.6. The van der Waals surface area contributed by atoms with E-state index in [2.05, 4.69) is 15.6 Å². The van der Waals surface area contributed by atoms with Crippen LogP contribution in [-0.2, 0) is 9.53 Å². The highest BCUT2D eigenvalue weighted by molar-refractivity contribution is 5.96. The maximum Gasteiger partial charge on any atom is 0.417 e. The number of fused-ring (bicyclic) bond motifs is 1. The maximum absolute atomic E-state index is 12.0. The molecule has 2 aromatic rings. The van der Waals surface area contributed by atoms with Gasteiger partial charge in [0.25, 0.3) is 0 Å². The molecule has 1 aromatic carbocycles. The number of H-pyrrole nitrogens is 1. The predicted molar refractivity (Wildman–Crippen MR) is 75.3 cm³/mol. The molecule has 1 aliphatic heterocycles. The van der Waals surface area contributed by atoms with E-state index in [-0.39, 0.29) is 24.4 Å². The van der Waals surface area contributed by atoms with Crippen LogP contribution >= 0.6 is 12.4 Å². The number of amides is 1. The number of aromatic amines is 1. The van der Waals surface area contributed by atoms with Gasteiger partial charge in [-0.15, -0.1) is 12.4 Å². The summed E-state index contributed by atoms with van der Waals surface area (Å²) in [6, 6.07) is 4.61. The zero-order valence-corrected chi connectivity index (χ0v) is 11.3. The largest absolute Gasteiger partial charge is 0.417 e. The fraction of sp³-hybridized carbons (Fsp3) is 0.333. The molecule has 0 aliphatic carbocycles. The van der Waals surface area contributed by atoms with Gasteiger partial charge in [0.15, 0.2) is 5.58 Å². The Bertz CT molecular complexity index is 660. The van der Waals surface area contributed by atoms with E-state index in [0.717, 1.165) is 0 Å². The average Bonchev–Trinajstić information content (AvgIpc) is 2.79. The van der Waals surface area contributed by atoms with Gasteiger partial charge in [-0.3, -0.25) is 9.78 Å². The molecule has 7 nitrogen and oxygen atoms in total. The van der Waals surface area contributed by atoms with Crippen LogP contribution < -0.4 is 16.4 Å². The number of halogens is 1. The second kappa shape index (κ2) is 6.08. The highest BCUT2D eigenvalue weighted by Crippen LogP contribution is 2.16. The Morgan fingerprint density at radius 1 is 1.40 bits per heavy atom. The Hall–Kier alpha value is -1.83. The van der Waals surface area contributed by atoms with Crippen molar-refractivity contribution in [3.05, 3.63) is 28.7 Å². The lowest BCUT2D eigenvalue weighted by Gasteiger charge is -2.22. The number of hydrogen-bond acceptors (Lipinski definition) is 5. The molecular formula is C12H14ClN3O4. The van der Waals surface area contributed by atoms with Crippen molar-refractivity contribution in [2.45, 2.75) is 6.04 Å². The van der Waals surface area contributed by atoms with Gasteiger partial charge in [-0.2, -0.15) is 0 Å². The quantitative estimate of drug-likeness (QED) is 0.749. The molecule has 2 heterocycles. The van der Waals surface area contributed by atoms with Gasteiger partial charge in [-0.25, -0.2) is 4.79 Å². The van der Waals surface area contributed by atoms with Gasteiger partial charge < -0.3 is 19.8 Å². The van der Waals surface area contributed by atoms with E-state index in [0.29, 0.717) is 36.5 Å². The number of hydrogen-bond donors (Lipinski definition) is 3. The molecular weight excluding hydrogens is 286 g/mol. The first-order chi connectivity index (χ1) is 9.22. The van der Waals surface area contributed by atoms with E-state index in [1.54, 1.807) is 18.2 Å². The van der Waals surface area contributed by atoms with E-state index in [1.165, 1.54) is 0 Å². The standard InChI is InChI=1S/C12H13N3O4.ClH/c16-11(9-6-18-4-3-13-9)14-7-1-2-10-8(5-7)15-12(17)19-10;/h1-2,5,9,13H,3-4,6H2,(H,14,16)(H,15,17);1H. The van der Waals surface area contributed by atoms with Crippen molar-refractivity contribution < 1.29 is 13.9 Å². The summed E-state index contributed by atoms with van der Waals surface area (Å²) in [5.41, 5.74) is 1.61. The van der Waals surface area contributed by atoms with Crippen molar-refractivity contribution in [1.82, 2.24) is 10.3 Å². The summed E-state index contributed by atoms with van der Waals surface area (Å²) in [5.74, 6) is -0.675. The minimum atomic E-state index is -0.513. The number of anilines is 1. The number of carbonyl (C=O) groups excluding carboxylic acids is 1. The number of oxazole rings is 1. The predicted octanol–water partition coefficient (Wildman–Crippen LogP) is 0.470. The van der Waals surface area contributed by atoms with Crippen LogP contribution in [0.2, 0.25) is 0 Å². The van der Waals surface area contributed by atoms with Crippen LogP contribution in [0.25, 0.3) is 11.1 Å². The molecule has 108 valence electrons. The molecule has 1 aromatic heterocycles. The summed E-state index contributed by atoms with van der Waals surface area (Å²) in [7, 11) is 0. The Labute approximate surface area is 120 Å². The summed E-state index contributed by atoms with van der Waals surface area (Å²) in [4.78, 5) is 25.5. The molecule has 1 atom stereocenters. The minimum Gasteiger partial charge on any atom is -0.408 e. The SMILES string of the molecule is Cl.O=C(Nc1ccc2oc(=O)[nH]c2c1)C1COCCN1. The summed E-state index contributed by atoms with van der Waals surface area (Å²) in [6.07, 6.45) is 0. The van der Waals surface area contributed by atoms with Gasteiger partial charge >= 0.3 is 5.76 Å². The molecule has 1 aliphatic rings. The van der Waals surface area contributed by atoms with Crippen molar-refractivity contribution in [2.75, 3.05) is 25.1 Å². The summed E-state index contributed by atoms with van der Waals surface area (Å²) < 4.78 is 10.1. The second-order valence-electron chi connectivity index (χ2n) is 4.30. The third kappa shape index (κ3) is 3.01. The van der Waals surface area contributed by atoms with Crippen molar-refractivity contribution in [2.24, 2.45) is 0 Å². The molecule has 3 N–H and O–H groups in total. The molecule has 20 heavy (non-hydrogen) atoms. The van der Waals surface area contributed by atoms with Gasteiger partial charge in [-0.05, 0) is 18.2 Å². The van der Waals surface area contributed by atoms with Crippen LogP contribution in [0.4, 0.5) is 5.69 Å². The van der Waals surface area contributed by atoms with Gasteiger partial charge in [0.2, 0.25) is 5.91 Å². The maximum atomic E-state index is 12.0. The van der Waals surface area contributed by atoms with Gasteiger partial charge in [0, 0.05) is 12.2 Å². The fourth-order valence-corrected chi connectivity index (χ4v) is 1.99. The summed E-state index contributed by atoms with van der Waals surface area (Å²) >= 11 is 0. The van der Waals surface area contributed by atoms with Gasteiger partial charge in [-0.1, -0.05) is 0 Å². The number of carbonyl (C=O) groups is 1. The molecule has 1 saturated heterocycles. The number of nitrogens with one attached hydrogen (secondary N) is 3. The van der Waals surface area contributed by atoms with Crippen LogP contribution in [0.1, 0.15) is 0 Å². The zero-order valence-electron chi connectivity index (χ0n) is 10.5. The van der Waals surface area contributed by atoms with Gasteiger partial charge in [0.1, 0.15) is 6.04 Å². The van der Waals surface area contributed by atoms with Gasteiger partial charge in [0.05, 0.1) is 18.7 Å². The van der Waals surface area contributed by atoms with Crippen molar-refractivity contribution in [3.8, 4) is 0 Å². The smallest absolute Gasteiger partial charge is 0.408 e. The molecule has 0 saturated carbocycles. The number of ether oxygens (including phenoxy) is 1. The minimum absolute atomic E-state index is 0. The Kier molecular flexibility index (Phi) is 4.43. The average molecular weight is 300 g/mol. The van der Waals surface area contributed by atoms with E-state index in [4.69, 9.17) is 9.15 Å². The van der Waals surface area contributed by atoms with E-state index < -0.39 is 5.76 Å². The van der Waals surface area contributed by atoms with E-state index in [1.807, 2.05) is 0 Å². The highest BCUT2D eigenvalue weighted by atomic mass is 35.5. The molecule has 0 bridgehead atoms. The molecule has 1 fully saturated rings. The first-order valence-electron chi connectivity index (χ1n) is 5.97. The Morgan fingerprint density at radius 2 is 2.25 bits per heavy atom. The third-order valence-corrected chi connectivity index (χ3v) is 2.92. The van der Waals surface area contributed by atoms with Crippen LogP contribution in [0, 0.1) is 0 Å². The summed E-state index contributed by atoms with van der Waals surface area (Å²) in [5, 5.41) is 5.83. The molecule has 3 rings (SSSR count). The monoisotopic (exact) mass is 299 g/mol.